The molecule has 0 aliphatic rings. The molecule has 0 radical (unpaired) electrons. The third-order valence-corrected chi connectivity index (χ3v) is 2.83. The average molecular weight is 156 g/mol. The van der Waals surface area contributed by atoms with E-state index in [1.54, 1.807) is 0 Å². The van der Waals surface area contributed by atoms with E-state index in [1.165, 1.54) is 8.38 Å². The molecule has 0 bridgehead atoms. The van der Waals surface area contributed by atoms with Crippen LogP contribution in [0, 0.1) is 0 Å². The van der Waals surface area contributed by atoms with Gasteiger partial charge in [-0.05, 0) is 0 Å². The van der Waals surface area contributed by atoms with Crippen LogP contribution < -0.4 is 2.81 Å². The molecule has 54 valence electrons. The van der Waals surface area contributed by atoms with E-state index in [0.29, 0.717) is 5.41 Å². The summed E-state index contributed by atoms with van der Waals surface area (Å²) in [7, 11) is 0. The summed E-state index contributed by atoms with van der Waals surface area (Å²) in [5.41, 5.74) is 1.82. The molecule has 0 nitrogen and oxygen atoms in total. The van der Waals surface area contributed by atoms with Gasteiger partial charge in [0, 0.05) is 0 Å². The number of hydrogen-bond donors (Lipinski definition) is 0. The SMILES string of the molecule is CC(C)(C)c1cccc[c]1[Na]. The van der Waals surface area contributed by atoms with Crippen LogP contribution >= 0.6 is 0 Å². The fraction of sp³-hybridized carbons (Fsp3) is 0.400. The monoisotopic (exact) mass is 156 g/mol. The Morgan fingerprint density at radius 1 is 1.09 bits per heavy atom. The topological polar surface area (TPSA) is 0 Å². The molecule has 0 aliphatic heterocycles. The van der Waals surface area contributed by atoms with Gasteiger partial charge in [-0.1, -0.05) is 0 Å². The molecule has 0 spiro atoms. The number of hydrogen-bond acceptors (Lipinski definition) is 0. The summed E-state index contributed by atoms with van der Waals surface area (Å²) in [5, 5.41) is 0. The van der Waals surface area contributed by atoms with E-state index >= 15 is 0 Å². The van der Waals surface area contributed by atoms with Crippen LogP contribution in [-0.4, -0.2) is 27.9 Å². The van der Waals surface area contributed by atoms with Crippen LogP contribution in [0.2, 0.25) is 0 Å². The van der Waals surface area contributed by atoms with Gasteiger partial charge in [0.25, 0.3) is 0 Å². The Kier molecular flexibility index (Phi) is 2.79. The summed E-state index contributed by atoms with van der Waals surface area (Å²) in [4.78, 5) is 0. The Labute approximate surface area is 86.4 Å². The minimum atomic E-state index is 0.318. The second-order valence-electron chi connectivity index (χ2n) is 4.06. The quantitative estimate of drug-likeness (QED) is 0.502. The molecule has 11 heavy (non-hydrogen) atoms. The van der Waals surface area contributed by atoms with Gasteiger partial charge in [0.1, 0.15) is 0 Å². The average Bonchev–Trinajstić information content (AvgIpc) is 1.86. The van der Waals surface area contributed by atoms with Crippen molar-refractivity contribution in [2.45, 2.75) is 26.2 Å². The normalized spacial score (nSPS) is 11.7. The fourth-order valence-corrected chi connectivity index (χ4v) is 2.52. The Hall–Kier alpha value is 0.220. The van der Waals surface area contributed by atoms with Crippen molar-refractivity contribution in [2.24, 2.45) is 0 Å². The molecule has 0 heterocycles. The Bertz CT molecular complexity index is 245. The van der Waals surface area contributed by atoms with Crippen LogP contribution in [0.3, 0.4) is 0 Å². The van der Waals surface area contributed by atoms with E-state index in [-0.39, 0.29) is 0 Å². The molecule has 0 unspecified atom stereocenters. The molecule has 0 atom stereocenters. The predicted octanol–water partition coefficient (Wildman–Crippen LogP) is 1.78. The van der Waals surface area contributed by atoms with E-state index < -0.39 is 0 Å². The zero-order valence-corrected chi connectivity index (χ0v) is 9.81. The first kappa shape index (κ1) is 9.31. The van der Waals surface area contributed by atoms with Crippen LogP contribution in [0.25, 0.3) is 0 Å². The first-order chi connectivity index (χ1) is 5.02. The zero-order valence-electron chi connectivity index (χ0n) is 7.81. The molecular weight excluding hydrogens is 143 g/mol. The Balaban J connectivity index is 3.14. The van der Waals surface area contributed by atoms with Gasteiger partial charge >= 0.3 is 86.8 Å². The summed E-state index contributed by atoms with van der Waals surface area (Å²) >= 11 is 1.16. The second-order valence-corrected chi connectivity index (χ2v) is 5.14. The van der Waals surface area contributed by atoms with Crippen LogP contribution in [-0.2, 0) is 5.41 Å². The molecular formula is C10H13Na. The Morgan fingerprint density at radius 3 is 2.00 bits per heavy atom. The maximum absolute atomic E-state index is 2.27. The zero-order chi connectivity index (χ0) is 8.48. The van der Waals surface area contributed by atoms with Gasteiger partial charge in [0.05, 0.1) is 0 Å². The molecule has 1 heteroatoms. The minimum absolute atomic E-state index is 0.318. The predicted molar refractivity (Wildman–Crippen MR) is 50.5 cm³/mol. The molecule has 0 aliphatic carbocycles. The summed E-state index contributed by atoms with van der Waals surface area (Å²) in [6, 6.07) is 8.72. The van der Waals surface area contributed by atoms with Gasteiger partial charge in [-0.3, -0.25) is 0 Å². The molecule has 1 aromatic rings. The summed E-state index contributed by atoms with van der Waals surface area (Å²) < 4.78 is 1.53. The third-order valence-electron chi connectivity index (χ3n) is 1.95. The second kappa shape index (κ2) is 3.30. The molecule has 0 saturated carbocycles. The van der Waals surface area contributed by atoms with Crippen molar-refractivity contribution >= 4 is 30.7 Å². The van der Waals surface area contributed by atoms with Gasteiger partial charge in [-0.25, -0.2) is 0 Å². The summed E-state index contributed by atoms with van der Waals surface area (Å²) in [6.07, 6.45) is 0. The van der Waals surface area contributed by atoms with E-state index in [1.807, 2.05) is 0 Å². The van der Waals surface area contributed by atoms with Gasteiger partial charge in [-0.15, -0.1) is 0 Å². The van der Waals surface area contributed by atoms with Gasteiger partial charge < -0.3 is 0 Å². The standard InChI is InChI=1S/C10H13.Na/c1-10(2,3)9-7-5-4-6-8-9;/h4-7H,1-3H3;. The first-order valence-electron chi connectivity index (χ1n) is 4.08. The van der Waals surface area contributed by atoms with Crippen molar-refractivity contribution in [1.82, 2.24) is 0 Å². The van der Waals surface area contributed by atoms with Crippen LogP contribution in [0.1, 0.15) is 26.3 Å². The number of benzene rings is 1. The van der Waals surface area contributed by atoms with Crippen molar-refractivity contribution in [3.05, 3.63) is 29.8 Å². The van der Waals surface area contributed by atoms with E-state index in [2.05, 4.69) is 45.0 Å². The summed E-state index contributed by atoms with van der Waals surface area (Å²) in [6.45, 7) is 6.80. The summed E-state index contributed by atoms with van der Waals surface area (Å²) in [5.74, 6) is 0. The Morgan fingerprint density at radius 2 is 1.64 bits per heavy atom. The first-order valence-corrected chi connectivity index (χ1v) is 5.08. The molecule has 0 saturated heterocycles. The molecule has 0 aromatic heterocycles. The van der Waals surface area contributed by atoms with Gasteiger partial charge in [0.15, 0.2) is 0 Å². The number of rotatable bonds is 0. The molecule has 1 aromatic carbocycles. The fourth-order valence-electron chi connectivity index (χ4n) is 1.41. The molecule has 0 fully saturated rings. The van der Waals surface area contributed by atoms with Crippen molar-refractivity contribution in [2.75, 3.05) is 0 Å². The van der Waals surface area contributed by atoms with Crippen LogP contribution in [0.5, 0.6) is 0 Å². The third kappa shape index (κ3) is 2.33. The van der Waals surface area contributed by atoms with E-state index in [0.717, 1.165) is 27.9 Å². The maximum atomic E-state index is 2.27. The van der Waals surface area contributed by atoms with Crippen LogP contribution in [0.4, 0.5) is 0 Å². The van der Waals surface area contributed by atoms with E-state index in [9.17, 15) is 0 Å². The van der Waals surface area contributed by atoms with Gasteiger partial charge in [0.2, 0.25) is 0 Å². The van der Waals surface area contributed by atoms with Crippen molar-refractivity contribution in [3.8, 4) is 0 Å². The molecule has 0 amide bonds. The van der Waals surface area contributed by atoms with E-state index in [4.69, 9.17) is 0 Å². The molecule has 1 rings (SSSR count). The molecule has 0 N–H and O–H groups in total. The van der Waals surface area contributed by atoms with Crippen molar-refractivity contribution < 1.29 is 0 Å². The van der Waals surface area contributed by atoms with Gasteiger partial charge in [-0.2, -0.15) is 0 Å². The van der Waals surface area contributed by atoms with Crippen LogP contribution in [0.15, 0.2) is 24.3 Å². The van der Waals surface area contributed by atoms with Crippen molar-refractivity contribution in [1.29, 1.82) is 0 Å². The van der Waals surface area contributed by atoms with Crippen molar-refractivity contribution in [3.63, 3.8) is 0 Å².